The second-order valence-electron chi connectivity index (χ2n) is 6.29. The zero-order valence-corrected chi connectivity index (χ0v) is 13.7. The molecule has 5 nitrogen and oxygen atoms in total. The molecule has 20 heavy (non-hydrogen) atoms. The van der Waals surface area contributed by atoms with Crippen LogP contribution in [-0.4, -0.2) is 15.0 Å². The van der Waals surface area contributed by atoms with Gasteiger partial charge in [-0.1, -0.05) is 20.8 Å². The van der Waals surface area contributed by atoms with E-state index in [4.69, 9.17) is 5.84 Å². The fourth-order valence-electron chi connectivity index (χ4n) is 2.09. The first-order chi connectivity index (χ1) is 9.07. The van der Waals surface area contributed by atoms with Gasteiger partial charge in [-0.15, -0.1) is 0 Å². The molecule has 0 saturated heterocycles. The number of aryl methyl sites for hydroxylation is 2. The van der Waals surface area contributed by atoms with Gasteiger partial charge in [0.1, 0.15) is 0 Å². The van der Waals surface area contributed by atoms with Gasteiger partial charge in [0.2, 0.25) is 10.0 Å². The maximum atomic E-state index is 12.4. The molecule has 4 N–H and O–H groups in total. The van der Waals surface area contributed by atoms with Crippen molar-refractivity contribution in [2.45, 2.75) is 45.9 Å². The Kier molecular flexibility index (Phi) is 5.18. The van der Waals surface area contributed by atoms with Gasteiger partial charge >= 0.3 is 0 Å². The minimum absolute atomic E-state index is 0.0972. The van der Waals surface area contributed by atoms with Gasteiger partial charge in [-0.3, -0.25) is 5.84 Å². The molecule has 0 amide bonds. The molecule has 0 aliphatic heterocycles. The zero-order valence-electron chi connectivity index (χ0n) is 12.9. The van der Waals surface area contributed by atoms with Gasteiger partial charge < -0.3 is 5.43 Å². The topological polar surface area (TPSA) is 84.2 Å². The van der Waals surface area contributed by atoms with Gasteiger partial charge in [0.15, 0.2) is 0 Å². The van der Waals surface area contributed by atoms with E-state index in [0.717, 1.165) is 6.42 Å². The van der Waals surface area contributed by atoms with Crippen LogP contribution in [0.25, 0.3) is 0 Å². The van der Waals surface area contributed by atoms with Crippen molar-refractivity contribution < 1.29 is 8.42 Å². The van der Waals surface area contributed by atoms with Crippen LogP contribution < -0.4 is 16.0 Å². The Hall–Kier alpha value is -1.11. The second-order valence-corrected chi connectivity index (χ2v) is 8.00. The van der Waals surface area contributed by atoms with E-state index in [1.807, 2.05) is 0 Å². The van der Waals surface area contributed by atoms with E-state index in [-0.39, 0.29) is 5.41 Å². The number of hydrazine groups is 1. The quantitative estimate of drug-likeness (QED) is 0.575. The lowest BCUT2D eigenvalue weighted by Gasteiger charge is -2.19. The molecular weight excluding hydrogens is 274 g/mol. The summed E-state index contributed by atoms with van der Waals surface area (Å²) in [7, 11) is -3.49. The van der Waals surface area contributed by atoms with Gasteiger partial charge in [0, 0.05) is 12.2 Å². The summed E-state index contributed by atoms with van der Waals surface area (Å²) in [5, 5.41) is 0. The van der Waals surface area contributed by atoms with Gasteiger partial charge in [-0.2, -0.15) is 0 Å². The third-order valence-corrected chi connectivity index (χ3v) is 4.83. The van der Waals surface area contributed by atoms with Crippen LogP contribution in [0, 0.1) is 19.3 Å². The lowest BCUT2D eigenvalue weighted by atomic mass is 9.93. The average Bonchev–Trinajstić information content (AvgIpc) is 2.25. The molecule has 0 atom stereocenters. The first-order valence-electron chi connectivity index (χ1n) is 6.64. The molecule has 1 aromatic carbocycles. The van der Waals surface area contributed by atoms with Crippen molar-refractivity contribution in [1.29, 1.82) is 0 Å². The molecule has 0 spiro atoms. The lowest BCUT2D eigenvalue weighted by molar-refractivity contribution is 0.378. The number of hydrogen-bond acceptors (Lipinski definition) is 4. The molecule has 114 valence electrons. The van der Waals surface area contributed by atoms with Crippen LogP contribution >= 0.6 is 0 Å². The highest BCUT2D eigenvalue weighted by atomic mass is 32.2. The van der Waals surface area contributed by atoms with E-state index < -0.39 is 10.0 Å². The molecule has 6 heteroatoms. The third kappa shape index (κ3) is 4.47. The maximum absolute atomic E-state index is 12.4. The maximum Gasteiger partial charge on any atom is 0.241 e. The Bertz CT molecular complexity index is 552. The molecule has 0 aromatic heterocycles. The van der Waals surface area contributed by atoms with Crippen molar-refractivity contribution in [1.82, 2.24) is 4.72 Å². The van der Waals surface area contributed by atoms with E-state index in [1.54, 1.807) is 26.0 Å². The van der Waals surface area contributed by atoms with Crippen molar-refractivity contribution in [3.63, 3.8) is 0 Å². The Morgan fingerprint density at radius 3 is 2.05 bits per heavy atom. The van der Waals surface area contributed by atoms with Crippen LogP contribution in [0.5, 0.6) is 0 Å². The molecule has 0 bridgehead atoms. The largest absolute Gasteiger partial charge is 0.324 e. The summed E-state index contributed by atoms with van der Waals surface area (Å²) in [6.45, 7) is 10.2. The van der Waals surface area contributed by atoms with Gasteiger partial charge in [0.25, 0.3) is 0 Å². The van der Waals surface area contributed by atoms with E-state index >= 15 is 0 Å². The minimum Gasteiger partial charge on any atom is -0.324 e. The molecule has 0 saturated carbocycles. The summed E-state index contributed by atoms with van der Waals surface area (Å²) in [5.74, 6) is 5.36. The van der Waals surface area contributed by atoms with E-state index in [1.165, 1.54) is 0 Å². The lowest BCUT2D eigenvalue weighted by Crippen LogP contribution is -2.28. The first-order valence-corrected chi connectivity index (χ1v) is 8.13. The Balaban J connectivity index is 2.99. The fourth-order valence-corrected chi connectivity index (χ4v) is 3.57. The molecule has 0 heterocycles. The summed E-state index contributed by atoms with van der Waals surface area (Å²) >= 11 is 0. The SMILES string of the molecule is Cc1cc(NN)cc(C)c1S(=O)(=O)NCCC(C)(C)C. The number of benzene rings is 1. The van der Waals surface area contributed by atoms with Crippen LogP contribution in [0.4, 0.5) is 5.69 Å². The Morgan fingerprint density at radius 2 is 1.65 bits per heavy atom. The van der Waals surface area contributed by atoms with E-state index in [2.05, 4.69) is 30.9 Å². The first kappa shape index (κ1) is 16.9. The Morgan fingerprint density at radius 1 is 1.15 bits per heavy atom. The van der Waals surface area contributed by atoms with Gasteiger partial charge in [-0.25, -0.2) is 13.1 Å². The smallest absolute Gasteiger partial charge is 0.241 e. The summed E-state index contributed by atoms with van der Waals surface area (Å²) in [6, 6.07) is 3.46. The molecule has 0 radical (unpaired) electrons. The number of rotatable bonds is 5. The predicted molar refractivity (Wildman–Crippen MR) is 83.0 cm³/mol. The number of hydrogen-bond donors (Lipinski definition) is 3. The van der Waals surface area contributed by atoms with Crippen LogP contribution in [0.1, 0.15) is 38.3 Å². The number of nitrogens with one attached hydrogen (secondary N) is 2. The number of nitrogens with two attached hydrogens (primary N) is 1. The number of sulfonamides is 1. The van der Waals surface area contributed by atoms with Crippen molar-refractivity contribution in [2.75, 3.05) is 12.0 Å². The van der Waals surface area contributed by atoms with Crippen LogP contribution in [0.2, 0.25) is 0 Å². The highest BCUT2D eigenvalue weighted by Crippen LogP contribution is 2.24. The second kappa shape index (κ2) is 6.11. The van der Waals surface area contributed by atoms with Crippen molar-refractivity contribution in [3.05, 3.63) is 23.3 Å². The highest BCUT2D eigenvalue weighted by molar-refractivity contribution is 7.89. The van der Waals surface area contributed by atoms with E-state index in [0.29, 0.717) is 28.3 Å². The molecule has 0 unspecified atom stereocenters. The van der Waals surface area contributed by atoms with Crippen LogP contribution in [-0.2, 0) is 10.0 Å². The van der Waals surface area contributed by atoms with Crippen molar-refractivity contribution in [3.8, 4) is 0 Å². The van der Waals surface area contributed by atoms with Crippen molar-refractivity contribution >= 4 is 15.7 Å². The summed E-state index contributed by atoms with van der Waals surface area (Å²) in [5.41, 5.74) is 4.70. The third-order valence-electron chi connectivity index (χ3n) is 3.06. The van der Waals surface area contributed by atoms with Gasteiger partial charge in [0.05, 0.1) is 4.90 Å². The highest BCUT2D eigenvalue weighted by Gasteiger charge is 2.20. The molecule has 0 fully saturated rings. The summed E-state index contributed by atoms with van der Waals surface area (Å²) < 4.78 is 27.5. The van der Waals surface area contributed by atoms with Crippen molar-refractivity contribution in [2.24, 2.45) is 11.3 Å². The number of anilines is 1. The predicted octanol–water partition coefficient (Wildman–Crippen LogP) is 2.30. The standard InChI is InChI=1S/C14H25N3O2S/c1-10-8-12(17-15)9-11(2)13(10)20(18,19)16-7-6-14(3,4)5/h8-9,16-17H,6-7,15H2,1-5H3. The van der Waals surface area contributed by atoms with E-state index in [9.17, 15) is 8.42 Å². The summed E-state index contributed by atoms with van der Waals surface area (Å²) in [6.07, 6.45) is 0.784. The molecule has 1 aromatic rings. The summed E-state index contributed by atoms with van der Waals surface area (Å²) in [4.78, 5) is 0.338. The normalized spacial score (nSPS) is 12.5. The number of nitrogen functional groups attached to an aromatic ring is 1. The molecule has 0 aliphatic carbocycles. The van der Waals surface area contributed by atoms with Gasteiger partial charge in [-0.05, 0) is 48.9 Å². The molecule has 1 rings (SSSR count). The molecule has 0 aliphatic rings. The van der Waals surface area contributed by atoms with Crippen LogP contribution in [0.15, 0.2) is 17.0 Å². The monoisotopic (exact) mass is 299 g/mol. The van der Waals surface area contributed by atoms with Crippen LogP contribution in [0.3, 0.4) is 0 Å². The average molecular weight is 299 g/mol. The minimum atomic E-state index is -3.49. The molecular formula is C14H25N3O2S. The fraction of sp³-hybridized carbons (Fsp3) is 0.571. The zero-order chi connectivity index (χ0) is 15.6. The Labute approximate surface area is 122 Å².